The van der Waals surface area contributed by atoms with E-state index in [-0.39, 0.29) is 18.1 Å². The number of hydrogen-bond acceptors (Lipinski definition) is 3. The van der Waals surface area contributed by atoms with Gasteiger partial charge >= 0.3 is 0 Å². The first-order valence-corrected chi connectivity index (χ1v) is 8.00. The number of carbonyl (C=O) groups excluding carboxylic acids is 1. The van der Waals surface area contributed by atoms with Crippen LogP contribution in [0.25, 0.3) is 0 Å². The highest BCUT2D eigenvalue weighted by atomic mass is 16.5. The van der Waals surface area contributed by atoms with Gasteiger partial charge in [0.2, 0.25) is 0 Å². The van der Waals surface area contributed by atoms with Crippen LogP contribution in [0.2, 0.25) is 0 Å². The van der Waals surface area contributed by atoms with E-state index >= 15 is 0 Å². The van der Waals surface area contributed by atoms with E-state index in [9.17, 15) is 4.79 Å². The Balaban J connectivity index is 1.83. The highest BCUT2D eigenvalue weighted by molar-refractivity contribution is 5.92. The van der Waals surface area contributed by atoms with Gasteiger partial charge in [-0.15, -0.1) is 0 Å². The number of benzene rings is 1. The van der Waals surface area contributed by atoms with Gasteiger partial charge in [-0.05, 0) is 37.5 Å². The van der Waals surface area contributed by atoms with E-state index < -0.39 is 0 Å². The molecule has 2 heterocycles. The van der Waals surface area contributed by atoms with Gasteiger partial charge in [0.25, 0.3) is 5.91 Å². The molecule has 1 aliphatic heterocycles. The SMILES string of the molecule is CO[C@@H]1CCN(C(=O)c2cccc(C)n2)[C@H]1Cc1ccccc1. The molecule has 0 spiro atoms. The average molecular weight is 310 g/mol. The van der Waals surface area contributed by atoms with E-state index in [2.05, 4.69) is 17.1 Å². The summed E-state index contributed by atoms with van der Waals surface area (Å²) in [6.45, 7) is 2.62. The Kier molecular flexibility index (Phi) is 4.72. The van der Waals surface area contributed by atoms with Crippen LogP contribution in [0.15, 0.2) is 48.5 Å². The maximum absolute atomic E-state index is 12.9. The molecule has 0 aliphatic carbocycles. The van der Waals surface area contributed by atoms with Crippen molar-refractivity contribution in [2.24, 2.45) is 0 Å². The third-order valence-corrected chi connectivity index (χ3v) is 4.44. The van der Waals surface area contributed by atoms with Crippen LogP contribution >= 0.6 is 0 Å². The number of aromatic nitrogens is 1. The zero-order valence-electron chi connectivity index (χ0n) is 13.6. The number of likely N-dealkylation sites (tertiary alicyclic amines) is 1. The lowest BCUT2D eigenvalue weighted by Crippen LogP contribution is -2.42. The smallest absolute Gasteiger partial charge is 0.272 e. The third kappa shape index (κ3) is 3.42. The lowest BCUT2D eigenvalue weighted by Gasteiger charge is -2.27. The zero-order chi connectivity index (χ0) is 16.2. The molecule has 2 atom stereocenters. The van der Waals surface area contributed by atoms with Gasteiger partial charge in [0.15, 0.2) is 0 Å². The molecule has 0 saturated carbocycles. The Morgan fingerprint density at radius 2 is 2.00 bits per heavy atom. The van der Waals surface area contributed by atoms with Gasteiger partial charge in [0.05, 0.1) is 12.1 Å². The second kappa shape index (κ2) is 6.92. The van der Waals surface area contributed by atoms with Crippen molar-refractivity contribution in [3.63, 3.8) is 0 Å². The Hall–Kier alpha value is -2.20. The molecule has 23 heavy (non-hydrogen) atoms. The van der Waals surface area contributed by atoms with Gasteiger partial charge < -0.3 is 9.64 Å². The normalized spacial score (nSPS) is 20.7. The van der Waals surface area contributed by atoms with Crippen LogP contribution in [0, 0.1) is 6.92 Å². The summed E-state index contributed by atoms with van der Waals surface area (Å²) in [6, 6.07) is 15.9. The number of rotatable bonds is 4. The summed E-state index contributed by atoms with van der Waals surface area (Å²) in [5.74, 6) is -0.00539. The first-order chi connectivity index (χ1) is 11.2. The summed E-state index contributed by atoms with van der Waals surface area (Å²) < 4.78 is 5.62. The van der Waals surface area contributed by atoms with Crippen molar-refractivity contribution in [2.45, 2.75) is 31.9 Å². The number of amides is 1. The lowest BCUT2D eigenvalue weighted by molar-refractivity contribution is 0.0504. The summed E-state index contributed by atoms with van der Waals surface area (Å²) in [4.78, 5) is 19.2. The van der Waals surface area contributed by atoms with Crippen molar-refractivity contribution in [1.29, 1.82) is 0 Å². The lowest BCUT2D eigenvalue weighted by atomic mass is 10.0. The molecule has 0 N–H and O–H groups in total. The quantitative estimate of drug-likeness (QED) is 0.872. The maximum atomic E-state index is 12.9. The molecule has 1 aromatic heterocycles. The van der Waals surface area contributed by atoms with Crippen LogP contribution in [-0.4, -0.2) is 41.6 Å². The Labute approximate surface area is 137 Å². The molecule has 1 aliphatic rings. The molecule has 1 aromatic carbocycles. The van der Waals surface area contributed by atoms with Crippen LogP contribution in [0.3, 0.4) is 0 Å². The van der Waals surface area contributed by atoms with Crippen molar-refractivity contribution >= 4 is 5.91 Å². The predicted octanol–water partition coefficient (Wildman–Crippen LogP) is 2.86. The molecule has 120 valence electrons. The summed E-state index contributed by atoms with van der Waals surface area (Å²) in [5.41, 5.74) is 2.59. The molecule has 3 rings (SSSR count). The van der Waals surface area contributed by atoms with E-state index in [1.54, 1.807) is 13.2 Å². The minimum Gasteiger partial charge on any atom is -0.379 e. The summed E-state index contributed by atoms with van der Waals surface area (Å²) >= 11 is 0. The van der Waals surface area contributed by atoms with E-state index in [0.717, 1.165) is 18.5 Å². The second-order valence-corrected chi connectivity index (χ2v) is 5.98. The van der Waals surface area contributed by atoms with E-state index in [1.165, 1.54) is 5.56 Å². The minimum atomic E-state index is -0.00539. The van der Waals surface area contributed by atoms with Gasteiger partial charge in [-0.25, -0.2) is 4.98 Å². The molecule has 2 aromatic rings. The first-order valence-electron chi connectivity index (χ1n) is 8.00. The van der Waals surface area contributed by atoms with Crippen molar-refractivity contribution in [1.82, 2.24) is 9.88 Å². The number of aryl methyl sites for hydroxylation is 1. The van der Waals surface area contributed by atoms with Crippen LogP contribution in [0.1, 0.15) is 28.2 Å². The number of ether oxygens (including phenoxy) is 1. The van der Waals surface area contributed by atoms with Crippen molar-refractivity contribution in [2.75, 3.05) is 13.7 Å². The number of pyridine rings is 1. The minimum absolute atomic E-state index is 0.00539. The fraction of sp³-hybridized carbons (Fsp3) is 0.368. The molecule has 1 fully saturated rings. The van der Waals surface area contributed by atoms with Gasteiger partial charge in [0, 0.05) is 19.3 Å². The maximum Gasteiger partial charge on any atom is 0.272 e. The van der Waals surface area contributed by atoms with Crippen molar-refractivity contribution < 1.29 is 9.53 Å². The fourth-order valence-corrected chi connectivity index (χ4v) is 3.26. The average Bonchev–Trinajstić information content (AvgIpc) is 2.97. The number of nitrogens with zero attached hydrogens (tertiary/aromatic N) is 2. The molecule has 4 heteroatoms. The van der Waals surface area contributed by atoms with E-state index in [0.29, 0.717) is 12.2 Å². The molecular formula is C19H22N2O2. The third-order valence-electron chi connectivity index (χ3n) is 4.44. The van der Waals surface area contributed by atoms with Crippen LogP contribution in [0.5, 0.6) is 0 Å². The van der Waals surface area contributed by atoms with Gasteiger partial charge in [0.1, 0.15) is 5.69 Å². The van der Waals surface area contributed by atoms with Crippen molar-refractivity contribution in [3.05, 3.63) is 65.5 Å². The van der Waals surface area contributed by atoms with E-state index in [4.69, 9.17) is 4.74 Å². The topological polar surface area (TPSA) is 42.4 Å². The first kappa shape index (κ1) is 15.7. The second-order valence-electron chi connectivity index (χ2n) is 5.98. The Morgan fingerprint density at radius 3 is 2.70 bits per heavy atom. The van der Waals surface area contributed by atoms with Crippen molar-refractivity contribution in [3.8, 4) is 0 Å². The molecule has 0 unspecified atom stereocenters. The van der Waals surface area contributed by atoms with Gasteiger partial charge in [-0.1, -0.05) is 36.4 Å². The Bertz CT molecular complexity index is 672. The van der Waals surface area contributed by atoms with E-state index in [1.807, 2.05) is 42.2 Å². The fourth-order valence-electron chi connectivity index (χ4n) is 3.26. The Morgan fingerprint density at radius 1 is 1.22 bits per heavy atom. The zero-order valence-corrected chi connectivity index (χ0v) is 13.6. The van der Waals surface area contributed by atoms with Gasteiger partial charge in [-0.3, -0.25) is 4.79 Å². The number of hydrogen-bond donors (Lipinski definition) is 0. The summed E-state index contributed by atoms with van der Waals surface area (Å²) in [5, 5.41) is 0. The molecule has 0 bridgehead atoms. The van der Waals surface area contributed by atoms with Crippen LogP contribution < -0.4 is 0 Å². The largest absolute Gasteiger partial charge is 0.379 e. The van der Waals surface area contributed by atoms with Gasteiger partial charge in [-0.2, -0.15) is 0 Å². The van der Waals surface area contributed by atoms with Crippen LogP contribution in [0.4, 0.5) is 0 Å². The summed E-state index contributed by atoms with van der Waals surface area (Å²) in [7, 11) is 1.72. The molecule has 4 nitrogen and oxygen atoms in total. The number of carbonyl (C=O) groups is 1. The molecule has 0 radical (unpaired) electrons. The molecule has 1 saturated heterocycles. The predicted molar refractivity (Wildman–Crippen MR) is 89.4 cm³/mol. The summed E-state index contributed by atoms with van der Waals surface area (Å²) in [6.07, 6.45) is 1.74. The molecular weight excluding hydrogens is 288 g/mol. The highest BCUT2D eigenvalue weighted by Crippen LogP contribution is 2.25. The monoisotopic (exact) mass is 310 g/mol. The highest BCUT2D eigenvalue weighted by Gasteiger charge is 2.37. The standard InChI is InChI=1S/C19H22N2O2/c1-14-7-6-10-16(20-14)19(22)21-12-11-18(23-2)17(21)13-15-8-4-3-5-9-15/h3-10,17-18H,11-13H2,1-2H3/t17-,18+/m0/s1. The number of methoxy groups -OCH3 is 1. The van der Waals surface area contributed by atoms with Crippen LogP contribution in [-0.2, 0) is 11.2 Å². The molecule has 1 amide bonds.